The highest BCUT2D eigenvalue weighted by Gasteiger charge is 2.10. The molecule has 4 nitrogen and oxygen atoms in total. The van der Waals surface area contributed by atoms with Gasteiger partial charge in [-0.05, 0) is 31.0 Å². The number of nitrogens with one attached hydrogen (secondary N) is 1. The van der Waals surface area contributed by atoms with Crippen molar-refractivity contribution in [3.63, 3.8) is 0 Å². The van der Waals surface area contributed by atoms with E-state index in [2.05, 4.69) is 12.2 Å². The van der Waals surface area contributed by atoms with E-state index in [4.69, 9.17) is 0 Å². The van der Waals surface area contributed by atoms with Crippen molar-refractivity contribution in [3.8, 4) is 0 Å². The summed E-state index contributed by atoms with van der Waals surface area (Å²) in [6, 6.07) is 7.68. The summed E-state index contributed by atoms with van der Waals surface area (Å²) in [7, 11) is 1.64. The van der Waals surface area contributed by atoms with Gasteiger partial charge in [-0.25, -0.2) is 0 Å². The Labute approximate surface area is 109 Å². The molecular formula is C14H22N2O2. The second kappa shape index (κ2) is 7.01. The standard InChI is InChI=1S/C14H22N2O2/c1-4-9-16(10-14(18)15-3)13-7-5-12(6-8-13)11(2)17/h5-8,11,17H,4,9-10H2,1-3H3,(H,15,18)/t11-/m0/s1. The van der Waals surface area contributed by atoms with Crippen molar-refractivity contribution in [3.05, 3.63) is 29.8 Å². The molecule has 0 heterocycles. The third-order valence-electron chi connectivity index (χ3n) is 2.85. The zero-order valence-corrected chi connectivity index (χ0v) is 11.3. The molecule has 100 valence electrons. The zero-order valence-electron chi connectivity index (χ0n) is 11.3. The highest BCUT2D eigenvalue weighted by molar-refractivity contribution is 5.81. The van der Waals surface area contributed by atoms with Crippen LogP contribution in [-0.4, -0.2) is 31.2 Å². The average molecular weight is 250 g/mol. The fraction of sp³-hybridized carbons (Fsp3) is 0.500. The molecule has 1 aromatic carbocycles. The summed E-state index contributed by atoms with van der Waals surface area (Å²) in [4.78, 5) is 13.5. The van der Waals surface area contributed by atoms with Crippen LogP contribution in [0.2, 0.25) is 0 Å². The fourth-order valence-electron chi connectivity index (χ4n) is 1.79. The summed E-state index contributed by atoms with van der Waals surface area (Å²) in [5, 5.41) is 12.1. The summed E-state index contributed by atoms with van der Waals surface area (Å²) in [5.41, 5.74) is 1.89. The number of likely N-dealkylation sites (N-methyl/N-ethyl adjacent to an activating group) is 1. The second-order valence-corrected chi connectivity index (χ2v) is 4.36. The molecule has 0 unspecified atom stereocenters. The number of aliphatic hydroxyl groups is 1. The molecule has 1 aromatic rings. The topological polar surface area (TPSA) is 52.6 Å². The maximum absolute atomic E-state index is 11.5. The summed E-state index contributed by atoms with van der Waals surface area (Å²) < 4.78 is 0. The van der Waals surface area contributed by atoms with Crippen LogP contribution < -0.4 is 10.2 Å². The lowest BCUT2D eigenvalue weighted by molar-refractivity contribution is -0.119. The van der Waals surface area contributed by atoms with Gasteiger partial charge in [0.25, 0.3) is 0 Å². The zero-order chi connectivity index (χ0) is 13.5. The number of anilines is 1. The Balaban J connectivity index is 2.81. The smallest absolute Gasteiger partial charge is 0.239 e. The van der Waals surface area contributed by atoms with E-state index < -0.39 is 6.10 Å². The van der Waals surface area contributed by atoms with Crippen LogP contribution in [0.3, 0.4) is 0 Å². The number of aliphatic hydroxyl groups excluding tert-OH is 1. The molecule has 0 aliphatic heterocycles. The minimum absolute atomic E-state index is 0.00283. The maximum atomic E-state index is 11.5. The third kappa shape index (κ3) is 4.04. The van der Waals surface area contributed by atoms with Crippen LogP contribution in [0.25, 0.3) is 0 Å². The lowest BCUT2D eigenvalue weighted by Crippen LogP contribution is -2.36. The van der Waals surface area contributed by atoms with E-state index in [1.807, 2.05) is 29.2 Å². The van der Waals surface area contributed by atoms with Gasteiger partial charge < -0.3 is 15.3 Å². The molecule has 0 fully saturated rings. The fourth-order valence-corrected chi connectivity index (χ4v) is 1.79. The number of nitrogens with zero attached hydrogens (tertiary/aromatic N) is 1. The Kier molecular flexibility index (Phi) is 5.65. The Bertz CT molecular complexity index is 374. The number of carbonyl (C=O) groups excluding carboxylic acids is 1. The predicted molar refractivity (Wildman–Crippen MR) is 73.6 cm³/mol. The maximum Gasteiger partial charge on any atom is 0.239 e. The molecule has 0 aromatic heterocycles. The van der Waals surface area contributed by atoms with Gasteiger partial charge in [0, 0.05) is 19.3 Å². The normalized spacial score (nSPS) is 12.0. The first-order valence-corrected chi connectivity index (χ1v) is 6.32. The number of hydrogen-bond acceptors (Lipinski definition) is 3. The van der Waals surface area contributed by atoms with Gasteiger partial charge in [-0.3, -0.25) is 4.79 Å². The highest BCUT2D eigenvalue weighted by atomic mass is 16.3. The summed E-state index contributed by atoms with van der Waals surface area (Å²) in [6.45, 7) is 5.02. The largest absolute Gasteiger partial charge is 0.389 e. The molecule has 0 bridgehead atoms. The van der Waals surface area contributed by atoms with E-state index in [0.717, 1.165) is 24.2 Å². The van der Waals surface area contributed by atoms with Gasteiger partial charge in [-0.2, -0.15) is 0 Å². The van der Waals surface area contributed by atoms with E-state index in [-0.39, 0.29) is 5.91 Å². The van der Waals surface area contributed by atoms with Crippen LogP contribution in [0.4, 0.5) is 5.69 Å². The summed E-state index contributed by atoms with van der Waals surface area (Å²) >= 11 is 0. The van der Waals surface area contributed by atoms with Crippen LogP contribution in [0.15, 0.2) is 24.3 Å². The molecule has 1 rings (SSSR count). The third-order valence-corrected chi connectivity index (χ3v) is 2.85. The van der Waals surface area contributed by atoms with Crippen LogP contribution in [0, 0.1) is 0 Å². The number of rotatable bonds is 6. The second-order valence-electron chi connectivity index (χ2n) is 4.36. The van der Waals surface area contributed by atoms with Gasteiger partial charge in [0.05, 0.1) is 12.6 Å². The van der Waals surface area contributed by atoms with Crippen molar-refractivity contribution >= 4 is 11.6 Å². The monoisotopic (exact) mass is 250 g/mol. The molecule has 0 saturated heterocycles. The molecule has 4 heteroatoms. The van der Waals surface area contributed by atoms with Gasteiger partial charge in [0.15, 0.2) is 0 Å². The molecule has 2 N–H and O–H groups in total. The Hall–Kier alpha value is -1.55. The van der Waals surface area contributed by atoms with Gasteiger partial charge >= 0.3 is 0 Å². The summed E-state index contributed by atoms with van der Waals surface area (Å²) in [5.74, 6) is 0.00283. The van der Waals surface area contributed by atoms with E-state index in [9.17, 15) is 9.90 Å². The van der Waals surface area contributed by atoms with E-state index in [1.54, 1.807) is 14.0 Å². The minimum Gasteiger partial charge on any atom is -0.389 e. The minimum atomic E-state index is -0.461. The molecule has 0 radical (unpaired) electrons. The van der Waals surface area contributed by atoms with E-state index in [0.29, 0.717) is 6.54 Å². The van der Waals surface area contributed by atoms with Crippen molar-refractivity contribution < 1.29 is 9.90 Å². The van der Waals surface area contributed by atoms with Gasteiger partial charge in [0.1, 0.15) is 0 Å². The Morgan fingerprint density at radius 1 is 1.39 bits per heavy atom. The predicted octanol–water partition coefficient (Wildman–Crippen LogP) is 1.70. The van der Waals surface area contributed by atoms with Crippen LogP contribution in [-0.2, 0) is 4.79 Å². The Morgan fingerprint density at radius 2 is 2.00 bits per heavy atom. The number of benzene rings is 1. The molecule has 18 heavy (non-hydrogen) atoms. The number of amides is 1. The van der Waals surface area contributed by atoms with E-state index in [1.165, 1.54) is 0 Å². The van der Waals surface area contributed by atoms with Gasteiger partial charge in [-0.15, -0.1) is 0 Å². The SMILES string of the molecule is CCCN(CC(=O)NC)c1ccc([C@H](C)O)cc1. The molecule has 0 saturated carbocycles. The van der Waals surface area contributed by atoms with Crippen molar-refractivity contribution in [1.82, 2.24) is 5.32 Å². The van der Waals surface area contributed by atoms with Gasteiger partial charge in [0.2, 0.25) is 5.91 Å². The van der Waals surface area contributed by atoms with E-state index >= 15 is 0 Å². The van der Waals surface area contributed by atoms with Crippen molar-refractivity contribution in [2.75, 3.05) is 25.0 Å². The molecular weight excluding hydrogens is 228 g/mol. The first-order chi connectivity index (χ1) is 8.58. The highest BCUT2D eigenvalue weighted by Crippen LogP contribution is 2.19. The van der Waals surface area contributed by atoms with Crippen molar-refractivity contribution in [2.45, 2.75) is 26.4 Å². The molecule has 1 atom stereocenters. The molecule has 0 spiro atoms. The van der Waals surface area contributed by atoms with Crippen LogP contribution in [0.5, 0.6) is 0 Å². The van der Waals surface area contributed by atoms with Gasteiger partial charge in [-0.1, -0.05) is 19.1 Å². The first-order valence-electron chi connectivity index (χ1n) is 6.32. The molecule has 0 aliphatic carbocycles. The number of hydrogen-bond donors (Lipinski definition) is 2. The molecule has 1 amide bonds. The molecule has 0 aliphatic rings. The number of carbonyl (C=O) groups is 1. The lowest BCUT2D eigenvalue weighted by atomic mass is 10.1. The quantitative estimate of drug-likeness (QED) is 0.808. The first kappa shape index (κ1) is 14.5. The van der Waals surface area contributed by atoms with Crippen molar-refractivity contribution in [2.24, 2.45) is 0 Å². The van der Waals surface area contributed by atoms with Crippen LogP contribution in [0.1, 0.15) is 31.9 Å². The van der Waals surface area contributed by atoms with Crippen LogP contribution >= 0.6 is 0 Å². The average Bonchev–Trinajstić information content (AvgIpc) is 2.38. The Morgan fingerprint density at radius 3 is 2.44 bits per heavy atom. The van der Waals surface area contributed by atoms with Crippen molar-refractivity contribution in [1.29, 1.82) is 0 Å². The summed E-state index contributed by atoms with van der Waals surface area (Å²) in [6.07, 6.45) is 0.521. The lowest BCUT2D eigenvalue weighted by Gasteiger charge is -2.23.